The van der Waals surface area contributed by atoms with Gasteiger partial charge in [0.05, 0.1) is 44.1 Å². The molecule has 0 fully saturated rings. The number of nitrogens with one attached hydrogen (secondary N) is 4. The molecule has 2 radical (unpaired) electrons. The molecule has 0 bridgehead atoms. The van der Waals surface area contributed by atoms with Crippen LogP contribution in [0.3, 0.4) is 0 Å². The van der Waals surface area contributed by atoms with Crippen LogP contribution in [0.4, 0.5) is 0 Å². The van der Waals surface area contributed by atoms with Gasteiger partial charge in [0.1, 0.15) is 23.3 Å². The zero-order valence-corrected chi connectivity index (χ0v) is 44.2. The first-order chi connectivity index (χ1) is 32.9. The van der Waals surface area contributed by atoms with E-state index in [-0.39, 0.29) is 56.6 Å². The first-order valence-corrected chi connectivity index (χ1v) is 23.8. The third kappa shape index (κ3) is 12.0. The van der Waals surface area contributed by atoms with Gasteiger partial charge in [-0.25, -0.2) is 19.9 Å². The van der Waals surface area contributed by atoms with Gasteiger partial charge < -0.3 is 40.4 Å². The molecule has 12 aromatic rings. The first-order valence-electron chi connectivity index (χ1n) is 20.6. The number of hydrogen-bond acceptors (Lipinski definition) is 8. The van der Waals surface area contributed by atoms with E-state index < -0.39 is 0 Å². The summed E-state index contributed by atoms with van der Waals surface area (Å²) in [6.07, 6.45) is 0. The van der Waals surface area contributed by atoms with E-state index in [0.29, 0.717) is 45.6 Å². The molecule has 0 aliphatic rings. The number of rotatable bonds is 4. The number of halogens is 4. The quantitative estimate of drug-likeness (QED) is 0.133. The Morgan fingerprint density at radius 2 is 0.486 bits per heavy atom. The van der Waals surface area contributed by atoms with Crippen LogP contribution in [-0.4, -0.2) is 39.9 Å². The summed E-state index contributed by atoms with van der Waals surface area (Å²) in [5.74, 6) is 2.30. The molecule has 0 spiro atoms. The standard InChI is InChI=1S/4C13H9BrN2O.2Co/c4*14-8-5-6-12(17)9(7-8)13-15-10-3-1-2-4-11(10)16-13;;/h4*1-7,17H,(H,15,16);;/q;;;;2*+2/p-4. The van der Waals surface area contributed by atoms with E-state index in [4.69, 9.17) is 0 Å². The fourth-order valence-corrected chi connectivity index (χ4v) is 8.51. The Balaban J connectivity index is 0.000000136. The van der Waals surface area contributed by atoms with Gasteiger partial charge in [-0.05, 0) is 97.1 Å². The van der Waals surface area contributed by atoms with Gasteiger partial charge in [0, 0.05) is 40.1 Å². The van der Waals surface area contributed by atoms with Gasteiger partial charge in [-0.2, -0.15) is 0 Å². The molecule has 0 atom stereocenters. The molecule has 18 heteroatoms. The summed E-state index contributed by atoms with van der Waals surface area (Å²) in [5, 5.41) is 47.1. The number of benzene rings is 8. The minimum atomic E-state index is -0.0349. The number of fused-ring (bicyclic) bond motifs is 4. The van der Waals surface area contributed by atoms with Crippen LogP contribution in [0.5, 0.6) is 23.0 Å². The summed E-state index contributed by atoms with van der Waals surface area (Å²) < 4.78 is 3.47. The minimum Gasteiger partial charge on any atom is -0.872 e. The fraction of sp³-hybridized carbons (Fsp3) is 0. The van der Waals surface area contributed by atoms with Gasteiger partial charge in [0.15, 0.2) is 0 Å². The van der Waals surface area contributed by atoms with Crippen molar-refractivity contribution in [2.24, 2.45) is 0 Å². The van der Waals surface area contributed by atoms with Gasteiger partial charge in [0.25, 0.3) is 0 Å². The maximum absolute atomic E-state index is 11.8. The summed E-state index contributed by atoms with van der Waals surface area (Å²) in [7, 11) is 0. The summed E-state index contributed by atoms with van der Waals surface area (Å²) in [5.41, 5.74) is 9.50. The summed E-state index contributed by atoms with van der Waals surface area (Å²) in [4.78, 5) is 30.2. The normalized spacial score (nSPS) is 10.6. The Labute approximate surface area is 454 Å². The molecule has 8 aromatic carbocycles. The maximum Gasteiger partial charge on any atom is 2.00 e. The molecular weight excluding hydrogens is 1240 g/mol. The molecule has 12 nitrogen and oxygen atoms in total. The zero-order chi connectivity index (χ0) is 47.3. The average Bonchev–Trinajstić information content (AvgIpc) is 4.17. The summed E-state index contributed by atoms with van der Waals surface area (Å²) in [6, 6.07) is 51.0. The van der Waals surface area contributed by atoms with Crippen LogP contribution in [0.2, 0.25) is 0 Å². The molecule has 0 unspecified atom stereocenters. The Bertz CT molecular complexity index is 3130. The summed E-state index contributed by atoms with van der Waals surface area (Å²) >= 11 is 13.4. The third-order valence-corrected chi connectivity index (χ3v) is 12.3. The molecule has 12 rings (SSSR count). The second-order valence-electron chi connectivity index (χ2n) is 15.0. The number of aromatic nitrogens is 8. The van der Waals surface area contributed by atoms with Crippen LogP contribution in [0, 0.1) is 0 Å². The molecule has 0 amide bonds. The van der Waals surface area contributed by atoms with E-state index in [0.717, 1.165) is 62.0 Å². The van der Waals surface area contributed by atoms with Gasteiger partial charge in [-0.3, -0.25) is 0 Å². The largest absolute Gasteiger partial charge is 2.00 e. The van der Waals surface area contributed by atoms with Crippen LogP contribution < -0.4 is 20.4 Å². The SMILES string of the molecule is [Co+2].[Co+2].[O-]c1ccc(Br)cc1-c1nc2ccccc2[nH]1.[O-]c1ccc(Br)cc1-c1nc2ccccc2[nH]1.[O-]c1ccc(Br)cc1-c1nc2ccccc2[nH]1.[O-]c1ccc(Br)cc1-c1nc2ccccc2[nH]1. The van der Waals surface area contributed by atoms with E-state index in [1.54, 1.807) is 48.5 Å². The molecule has 0 aliphatic heterocycles. The molecular formula is C52H32Br4Co2N8O4. The maximum atomic E-state index is 11.8. The van der Waals surface area contributed by atoms with Crippen molar-refractivity contribution >= 4 is 108 Å². The van der Waals surface area contributed by atoms with E-state index >= 15 is 0 Å². The number of para-hydroxylation sites is 8. The second kappa shape index (κ2) is 23.1. The van der Waals surface area contributed by atoms with Crippen LogP contribution in [-0.2, 0) is 33.6 Å². The number of H-pyrrole nitrogens is 4. The number of aromatic amines is 4. The van der Waals surface area contributed by atoms with Crippen LogP contribution in [0.25, 0.3) is 89.7 Å². The van der Waals surface area contributed by atoms with Gasteiger partial charge in [-0.15, -0.1) is 0 Å². The molecule has 0 aliphatic carbocycles. The zero-order valence-electron chi connectivity index (χ0n) is 35.8. The van der Waals surface area contributed by atoms with E-state index in [1.807, 2.05) is 97.1 Å². The molecule has 4 N–H and O–H groups in total. The molecule has 0 saturated carbocycles. The minimum absolute atomic E-state index is 0. The average molecular weight is 1270 g/mol. The predicted molar refractivity (Wildman–Crippen MR) is 275 cm³/mol. The van der Waals surface area contributed by atoms with Crippen LogP contribution in [0.1, 0.15) is 0 Å². The number of imidazole rings is 4. The van der Waals surface area contributed by atoms with Crippen molar-refractivity contribution in [1.29, 1.82) is 0 Å². The molecule has 70 heavy (non-hydrogen) atoms. The molecule has 0 saturated heterocycles. The molecule has 350 valence electrons. The van der Waals surface area contributed by atoms with Crippen LogP contribution in [0.15, 0.2) is 188 Å². The smallest absolute Gasteiger partial charge is 0.872 e. The molecule has 4 heterocycles. The summed E-state index contributed by atoms with van der Waals surface area (Å²) in [6.45, 7) is 0. The number of hydrogen-bond donors (Lipinski definition) is 4. The Hall–Kier alpha value is -6.23. The van der Waals surface area contributed by atoms with Gasteiger partial charge in [-0.1, -0.05) is 160 Å². The van der Waals surface area contributed by atoms with Gasteiger partial charge >= 0.3 is 33.6 Å². The van der Waals surface area contributed by atoms with Gasteiger partial charge in [0.2, 0.25) is 0 Å². The van der Waals surface area contributed by atoms with Crippen LogP contribution >= 0.6 is 63.7 Å². The van der Waals surface area contributed by atoms with E-state index in [1.165, 1.54) is 24.3 Å². The Kier molecular flexibility index (Phi) is 17.1. The van der Waals surface area contributed by atoms with E-state index in [9.17, 15) is 20.4 Å². The topological polar surface area (TPSA) is 207 Å². The van der Waals surface area contributed by atoms with Crippen molar-refractivity contribution in [2.75, 3.05) is 0 Å². The Morgan fingerprint density at radius 1 is 0.286 bits per heavy atom. The van der Waals surface area contributed by atoms with Crippen molar-refractivity contribution in [3.8, 4) is 68.5 Å². The van der Waals surface area contributed by atoms with Crippen molar-refractivity contribution in [2.45, 2.75) is 0 Å². The van der Waals surface area contributed by atoms with Crippen molar-refractivity contribution in [3.63, 3.8) is 0 Å². The van der Waals surface area contributed by atoms with Crippen molar-refractivity contribution < 1.29 is 54.0 Å². The third-order valence-electron chi connectivity index (χ3n) is 10.3. The van der Waals surface area contributed by atoms with Crippen molar-refractivity contribution in [3.05, 3.63) is 188 Å². The monoisotopic (exact) mass is 1270 g/mol. The number of nitrogens with zero attached hydrogens (tertiary/aromatic N) is 4. The molecule has 4 aromatic heterocycles. The first kappa shape index (κ1) is 51.6. The second-order valence-corrected chi connectivity index (χ2v) is 18.6. The van der Waals surface area contributed by atoms with Crippen molar-refractivity contribution in [1.82, 2.24) is 39.9 Å². The van der Waals surface area contributed by atoms with E-state index in [2.05, 4.69) is 104 Å². The Morgan fingerprint density at radius 3 is 0.686 bits per heavy atom. The predicted octanol–water partition coefficient (Wildman–Crippen LogP) is 12.3. The fourth-order valence-electron chi connectivity index (χ4n) is 7.07.